The van der Waals surface area contributed by atoms with Crippen molar-refractivity contribution in [3.8, 4) is 11.1 Å². The molecule has 34 heavy (non-hydrogen) atoms. The standard InChI is InChI=1S/C27H30N2O5/c1-3-12-26(2,23(30)29-15-17-13-27(29,14-17)24(31)32)28-25(33)34-16-22-20-10-6-4-8-18(20)19-9-5-7-11-21(19)22/h4-11,17,22H,3,12-16H2,1-2H3,(H,28,33)(H,31,32). The molecule has 2 saturated heterocycles. The first kappa shape index (κ1) is 22.4. The molecule has 2 amide bonds. The van der Waals surface area contributed by atoms with Crippen LogP contribution < -0.4 is 5.32 Å². The van der Waals surface area contributed by atoms with Gasteiger partial charge in [0, 0.05) is 12.5 Å². The molecule has 0 aromatic heterocycles. The van der Waals surface area contributed by atoms with Gasteiger partial charge in [-0.3, -0.25) is 4.79 Å². The van der Waals surface area contributed by atoms with Crippen LogP contribution in [0.15, 0.2) is 48.5 Å². The number of hydrogen-bond donors (Lipinski definition) is 2. The number of rotatable bonds is 7. The van der Waals surface area contributed by atoms with Crippen molar-refractivity contribution in [2.75, 3.05) is 13.2 Å². The Hall–Kier alpha value is -3.35. The molecule has 2 N–H and O–H groups in total. The fourth-order valence-corrected chi connectivity index (χ4v) is 6.13. The molecule has 7 nitrogen and oxygen atoms in total. The number of benzene rings is 2. The second kappa shape index (κ2) is 8.15. The zero-order chi connectivity index (χ0) is 24.1. The van der Waals surface area contributed by atoms with Crippen molar-refractivity contribution in [2.45, 2.75) is 56.5 Å². The molecule has 1 atom stereocenters. The normalized spacial score (nSPS) is 23.9. The summed E-state index contributed by atoms with van der Waals surface area (Å²) in [4.78, 5) is 39.8. The number of carboxylic acid groups (broad SMARTS) is 1. The topological polar surface area (TPSA) is 95.9 Å². The Morgan fingerprint density at radius 2 is 1.68 bits per heavy atom. The Bertz CT molecular complexity index is 1110. The number of ether oxygens (including phenoxy) is 1. The van der Waals surface area contributed by atoms with E-state index in [2.05, 4.69) is 29.6 Å². The van der Waals surface area contributed by atoms with Crippen LogP contribution in [0.1, 0.15) is 56.6 Å². The molecule has 2 aromatic rings. The van der Waals surface area contributed by atoms with Crippen molar-refractivity contribution in [3.63, 3.8) is 0 Å². The number of carboxylic acids is 1. The number of hydrogen-bond acceptors (Lipinski definition) is 4. The highest BCUT2D eigenvalue weighted by molar-refractivity contribution is 5.95. The summed E-state index contributed by atoms with van der Waals surface area (Å²) in [5.74, 6) is -1.16. The van der Waals surface area contributed by atoms with Crippen LogP contribution in [-0.4, -0.2) is 52.2 Å². The molecule has 6 rings (SSSR count). The lowest BCUT2D eigenvalue weighted by atomic mass is 9.73. The van der Waals surface area contributed by atoms with Gasteiger partial charge in [-0.05, 0) is 54.4 Å². The number of fused-ring (bicyclic) bond motifs is 4. The zero-order valence-corrected chi connectivity index (χ0v) is 19.5. The molecular weight excluding hydrogens is 432 g/mol. The van der Waals surface area contributed by atoms with Crippen LogP contribution in [-0.2, 0) is 14.3 Å². The van der Waals surface area contributed by atoms with Gasteiger partial charge in [-0.1, -0.05) is 61.9 Å². The van der Waals surface area contributed by atoms with Gasteiger partial charge in [-0.2, -0.15) is 0 Å². The molecule has 2 aliphatic carbocycles. The average Bonchev–Trinajstić information content (AvgIpc) is 3.46. The SMILES string of the molecule is CCCC(C)(NC(=O)OCC1c2ccccc2-c2ccccc21)C(=O)N1CC2CC1(C(=O)O)C2. The van der Waals surface area contributed by atoms with Crippen molar-refractivity contribution in [2.24, 2.45) is 5.92 Å². The minimum Gasteiger partial charge on any atom is -0.479 e. The predicted molar refractivity (Wildman–Crippen MR) is 126 cm³/mol. The van der Waals surface area contributed by atoms with Gasteiger partial charge < -0.3 is 20.1 Å². The van der Waals surface area contributed by atoms with Gasteiger partial charge in [-0.25, -0.2) is 9.59 Å². The number of aliphatic carboxylic acids is 1. The maximum Gasteiger partial charge on any atom is 0.408 e. The Morgan fingerprint density at radius 3 is 2.24 bits per heavy atom. The molecule has 4 aliphatic rings. The van der Waals surface area contributed by atoms with E-state index in [1.165, 1.54) is 4.90 Å². The highest BCUT2D eigenvalue weighted by Crippen LogP contribution is 2.51. The molecule has 3 fully saturated rings. The highest BCUT2D eigenvalue weighted by atomic mass is 16.5. The van der Waals surface area contributed by atoms with E-state index in [1.807, 2.05) is 31.2 Å². The summed E-state index contributed by atoms with van der Waals surface area (Å²) in [5, 5.41) is 12.6. The monoisotopic (exact) mass is 462 g/mol. The van der Waals surface area contributed by atoms with Crippen LogP contribution in [0.25, 0.3) is 11.1 Å². The third-order valence-corrected chi connectivity index (χ3v) is 7.80. The second-order valence-corrected chi connectivity index (χ2v) is 10.1. The summed E-state index contributed by atoms with van der Waals surface area (Å²) in [6.07, 6.45) is 1.36. The van der Waals surface area contributed by atoms with E-state index in [0.29, 0.717) is 32.2 Å². The largest absolute Gasteiger partial charge is 0.479 e. The number of carbonyl (C=O) groups is 3. The Morgan fingerprint density at radius 1 is 1.09 bits per heavy atom. The minimum atomic E-state index is -1.22. The number of amides is 2. The van der Waals surface area contributed by atoms with Gasteiger partial charge in [-0.15, -0.1) is 0 Å². The van der Waals surface area contributed by atoms with E-state index >= 15 is 0 Å². The van der Waals surface area contributed by atoms with Crippen LogP contribution in [0.5, 0.6) is 0 Å². The summed E-state index contributed by atoms with van der Waals surface area (Å²) in [7, 11) is 0. The highest BCUT2D eigenvalue weighted by Gasteiger charge is 2.64. The third kappa shape index (κ3) is 3.37. The molecule has 2 bridgehead atoms. The molecule has 7 heteroatoms. The Balaban J connectivity index is 1.30. The second-order valence-electron chi connectivity index (χ2n) is 10.1. The summed E-state index contributed by atoms with van der Waals surface area (Å²) < 4.78 is 5.67. The first-order chi connectivity index (χ1) is 16.3. The van der Waals surface area contributed by atoms with E-state index in [9.17, 15) is 19.5 Å². The van der Waals surface area contributed by atoms with Crippen molar-refractivity contribution in [3.05, 3.63) is 59.7 Å². The number of carbonyl (C=O) groups excluding carboxylic acids is 2. The molecule has 2 aliphatic heterocycles. The van der Waals surface area contributed by atoms with Crippen molar-refractivity contribution in [1.29, 1.82) is 0 Å². The quantitative estimate of drug-likeness (QED) is 0.644. The van der Waals surface area contributed by atoms with Crippen LogP contribution in [0.3, 0.4) is 0 Å². The van der Waals surface area contributed by atoms with Crippen LogP contribution in [0.4, 0.5) is 4.79 Å². The first-order valence-electron chi connectivity index (χ1n) is 12.0. The van der Waals surface area contributed by atoms with E-state index in [4.69, 9.17) is 4.74 Å². The summed E-state index contributed by atoms with van der Waals surface area (Å²) >= 11 is 0. The van der Waals surface area contributed by atoms with E-state index in [0.717, 1.165) is 22.3 Å². The van der Waals surface area contributed by atoms with Gasteiger partial charge in [0.05, 0.1) is 0 Å². The van der Waals surface area contributed by atoms with Crippen molar-refractivity contribution >= 4 is 18.0 Å². The summed E-state index contributed by atoms with van der Waals surface area (Å²) in [6.45, 7) is 4.19. The lowest BCUT2D eigenvalue weighted by Crippen LogP contribution is -2.63. The summed E-state index contributed by atoms with van der Waals surface area (Å²) in [6, 6.07) is 16.2. The molecule has 2 aromatic carbocycles. The lowest BCUT2D eigenvalue weighted by Gasteiger charge is -2.41. The molecule has 178 valence electrons. The maximum absolute atomic E-state index is 13.5. The van der Waals surface area contributed by atoms with Crippen LogP contribution in [0, 0.1) is 5.92 Å². The zero-order valence-electron chi connectivity index (χ0n) is 19.5. The fourth-order valence-electron chi connectivity index (χ4n) is 6.13. The number of nitrogens with one attached hydrogen (secondary N) is 1. The van der Waals surface area contributed by atoms with Gasteiger partial charge in [0.2, 0.25) is 5.91 Å². The molecular formula is C27H30N2O5. The molecule has 0 spiro atoms. The van der Waals surface area contributed by atoms with E-state index in [-0.39, 0.29) is 24.3 Å². The Kier molecular flexibility index (Phi) is 5.38. The number of alkyl carbamates (subject to hydrolysis) is 1. The molecule has 2 heterocycles. The Labute approximate surface area is 199 Å². The maximum atomic E-state index is 13.5. The van der Waals surface area contributed by atoms with Gasteiger partial charge in [0.25, 0.3) is 0 Å². The van der Waals surface area contributed by atoms with Crippen LogP contribution >= 0.6 is 0 Å². The predicted octanol–water partition coefficient (Wildman–Crippen LogP) is 4.16. The molecule has 0 radical (unpaired) electrons. The van der Waals surface area contributed by atoms with Crippen LogP contribution in [0.2, 0.25) is 0 Å². The smallest absolute Gasteiger partial charge is 0.408 e. The van der Waals surface area contributed by atoms with Gasteiger partial charge >= 0.3 is 12.1 Å². The average molecular weight is 463 g/mol. The van der Waals surface area contributed by atoms with E-state index < -0.39 is 23.1 Å². The van der Waals surface area contributed by atoms with E-state index in [1.54, 1.807) is 6.92 Å². The van der Waals surface area contributed by atoms with Gasteiger partial charge in [0.1, 0.15) is 17.7 Å². The van der Waals surface area contributed by atoms with Crippen molar-refractivity contribution in [1.82, 2.24) is 10.2 Å². The number of nitrogens with zero attached hydrogens (tertiary/aromatic N) is 1. The first-order valence-corrected chi connectivity index (χ1v) is 12.0. The van der Waals surface area contributed by atoms with Gasteiger partial charge in [0.15, 0.2) is 0 Å². The molecule has 1 unspecified atom stereocenters. The third-order valence-electron chi connectivity index (χ3n) is 7.80. The van der Waals surface area contributed by atoms with Crippen molar-refractivity contribution < 1.29 is 24.2 Å². The molecule has 1 saturated carbocycles. The summed E-state index contributed by atoms with van der Waals surface area (Å²) in [5.41, 5.74) is 2.17. The minimum absolute atomic E-state index is 0.0765. The fraction of sp³-hybridized carbons (Fsp3) is 0.444. The lowest BCUT2D eigenvalue weighted by molar-refractivity contribution is -0.160.